The Kier molecular flexibility index (Phi) is 4.42. The standard InChI is InChI=1S/C20H19O3P/c1-14-12-18(16-9-4-3-5-10-16)20(24(21,22)23)19(13-14)17-11-7-6-8-15(17)2/h3-13H,1-2H3,(H2,21,22,23). The second kappa shape index (κ2) is 6.37. The van der Waals surface area contributed by atoms with Crippen LogP contribution in [0.25, 0.3) is 22.3 Å². The maximum Gasteiger partial charge on any atom is 0.357 e. The third-order valence-electron chi connectivity index (χ3n) is 4.07. The van der Waals surface area contributed by atoms with Gasteiger partial charge in [-0.1, -0.05) is 66.7 Å². The smallest absolute Gasteiger partial charge is 0.321 e. The predicted octanol–water partition coefficient (Wildman–Crippen LogP) is 4.44. The van der Waals surface area contributed by atoms with Gasteiger partial charge in [0.1, 0.15) is 0 Å². The van der Waals surface area contributed by atoms with Gasteiger partial charge in [0.2, 0.25) is 0 Å². The first-order valence-electron chi connectivity index (χ1n) is 7.70. The summed E-state index contributed by atoms with van der Waals surface area (Å²) in [5, 5.41) is 0.0913. The summed E-state index contributed by atoms with van der Waals surface area (Å²) in [6, 6.07) is 20.7. The molecule has 24 heavy (non-hydrogen) atoms. The van der Waals surface area contributed by atoms with Crippen LogP contribution in [0, 0.1) is 13.8 Å². The van der Waals surface area contributed by atoms with Crippen LogP contribution >= 0.6 is 7.60 Å². The van der Waals surface area contributed by atoms with Gasteiger partial charge in [0, 0.05) is 0 Å². The lowest BCUT2D eigenvalue weighted by Crippen LogP contribution is -2.13. The molecular formula is C20H19O3P. The monoisotopic (exact) mass is 338 g/mol. The molecule has 3 aromatic carbocycles. The minimum absolute atomic E-state index is 0.0913. The van der Waals surface area contributed by atoms with E-state index in [2.05, 4.69) is 0 Å². The summed E-state index contributed by atoms with van der Waals surface area (Å²) in [5.41, 5.74) is 4.77. The van der Waals surface area contributed by atoms with Crippen molar-refractivity contribution < 1.29 is 14.4 Å². The Morgan fingerprint density at radius 2 is 1.33 bits per heavy atom. The molecule has 3 nitrogen and oxygen atoms in total. The Bertz CT molecular complexity index is 927. The zero-order chi connectivity index (χ0) is 17.3. The molecular weight excluding hydrogens is 319 g/mol. The molecule has 0 spiro atoms. The van der Waals surface area contributed by atoms with Crippen LogP contribution < -0.4 is 5.30 Å². The molecule has 0 unspecified atom stereocenters. The second-order valence-electron chi connectivity index (χ2n) is 5.93. The van der Waals surface area contributed by atoms with Crippen molar-refractivity contribution in [2.45, 2.75) is 13.8 Å². The average Bonchev–Trinajstić information content (AvgIpc) is 2.54. The van der Waals surface area contributed by atoms with Crippen LogP contribution in [-0.2, 0) is 4.57 Å². The normalized spacial score (nSPS) is 11.5. The van der Waals surface area contributed by atoms with Gasteiger partial charge in [-0.2, -0.15) is 0 Å². The van der Waals surface area contributed by atoms with Crippen molar-refractivity contribution in [1.82, 2.24) is 0 Å². The predicted molar refractivity (Wildman–Crippen MR) is 98.5 cm³/mol. The maximum atomic E-state index is 12.3. The van der Waals surface area contributed by atoms with Crippen LogP contribution in [0.1, 0.15) is 11.1 Å². The van der Waals surface area contributed by atoms with Gasteiger partial charge in [0.15, 0.2) is 0 Å². The quantitative estimate of drug-likeness (QED) is 0.694. The fourth-order valence-corrected chi connectivity index (χ4v) is 4.02. The second-order valence-corrected chi connectivity index (χ2v) is 7.47. The first kappa shape index (κ1) is 16.7. The highest BCUT2D eigenvalue weighted by Gasteiger charge is 2.27. The Labute approximate surface area is 141 Å². The van der Waals surface area contributed by atoms with Crippen molar-refractivity contribution >= 4 is 12.9 Å². The van der Waals surface area contributed by atoms with Gasteiger partial charge in [-0.3, -0.25) is 4.57 Å². The van der Waals surface area contributed by atoms with E-state index in [0.29, 0.717) is 11.1 Å². The third kappa shape index (κ3) is 3.20. The van der Waals surface area contributed by atoms with Gasteiger partial charge in [0.05, 0.1) is 5.30 Å². The van der Waals surface area contributed by atoms with E-state index in [1.807, 2.05) is 80.6 Å². The fourth-order valence-electron chi connectivity index (χ4n) is 3.01. The van der Waals surface area contributed by atoms with Gasteiger partial charge in [-0.15, -0.1) is 0 Å². The number of hydrogen-bond donors (Lipinski definition) is 2. The molecule has 0 atom stereocenters. The van der Waals surface area contributed by atoms with E-state index in [-0.39, 0.29) is 5.30 Å². The van der Waals surface area contributed by atoms with Crippen LogP contribution in [0.2, 0.25) is 0 Å². The van der Waals surface area contributed by atoms with Crippen LogP contribution in [0.4, 0.5) is 0 Å². The zero-order valence-electron chi connectivity index (χ0n) is 13.6. The van der Waals surface area contributed by atoms with E-state index in [1.165, 1.54) is 0 Å². The summed E-state index contributed by atoms with van der Waals surface area (Å²) < 4.78 is 12.3. The van der Waals surface area contributed by atoms with Crippen molar-refractivity contribution in [1.29, 1.82) is 0 Å². The molecule has 0 aliphatic heterocycles. The Morgan fingerprint density at radius 3 is 1.96 bits per heavy atom. The molecule has 0 amide bonds. The van der Waals surface area contributed by atoms with E-state index in [4.69, 9.17) is 0 Å². The number of hydrogen-bond acceptors (Lipinski definition) is 1. The molecule has 0 aliphatic carbocycles. The summed E-state index contributed by atoms with van der Waals surface area (Å²) >= 11 is 0. The molecule has 0 fully saturated rings. The lowest BCUT2D eigenvalue weighted by Gasteiger charge is -2.19. The van der Waals surface area contributed by atoms with E-state index < -0.39 is 7.60 Å². The largest absolute Gasteiger partial charge is 0.357 e. The van der Waals surface area contributed by atoms with Crippen LogP contribution in [-0.4, -0.2) is 9.79 Å². The molecule has 0 saturated heterocycles. The fraction of sp³-hybridized carbons (Fsp3) is 0.100. The molecule has 0 saturated carbocycles. The number of rotatable bonds is 3. The van der Waals surface area contributed by atoms with Crippen molar-refractivity contribution in [3.63, 3.8) is 0 Å². The molecule has 122 valence electrons. The lowest BCUT2D eigenvalue weighted by atomic mass is 9.94. The minimum Gasteiger partial charge on any atom is -0.321 e. The maximum absolute atomic E-state index is 12.3. The Balaban J connectivity index is 2.41. The number of aryl methyl sites for hydroxylation is 2. The van der Waals surface area contributed by atoms with Gasteiger partial charge in [-0.05, 0) is 47.2 Å². The SMILES string of the molecule is Cc1cc(-c2ccccc2)c(P(=O)(O)O)c(-c2ccccc2C)c1. The van der Waals surface area contributed by atoms with Crippen molar-refractivity contribution in [3.8, 4) is 22.3 Å². The van der Waals surface area contributed by atoms with Crippen molar-refractivity contribution in [3.05, 3.63) is 77.9 Å². The topological polar surface area (TPSA) is 57.5 Å². The highest BCUT2D eigenvalue weighted by Crippen LogP contribution is 2.43. The minimum atomic E-state index is -4.46. The highest BCUT2D eigenvalue weighted by atomic mass is 31.2. The Morgan fingerprint density at radius 1 is 0.750 bits per heavy atom. The first-order valence-corrected chi connectivity index (χ1v) is 9.31. The van der Waals surface area contributed by atoms with Gasteiger partial charge >= 0.3 is 7.60 Å². The summed E-state index contributed by atoms with van der Waals surface area (Å²) in [5.74, 6) is 0. The summed E-state index contributed by atoms with van der Waals surface area (Å²) in [6.45, 7) is 3.89. The molecule has 0 bridgehead atoms. The van der Waals surface area contributed by atoms with E-state index in [1.54, 1.807) is 0 Å². The summed E-state index contributed by atoms with van der Waals surface area (Å²) in [4.78, 5) is 20.1. The number of benzene rings is 3. The molecule has 2 N–H and O–H groups in total. The molecule has 0 aliphatic rings. The molecule has 0 aromatic heterocycles. The van der Waals surface area contributed by atoms with E-state index in [9.17, 15) is 14.4 Å². The molecule has 0 radical (unpaired) electrons. The van der Waals surface area contributed by atoms with Gasteiger partial charge in [0.25, 0.3) is 0 Å². The zero-order valence-corrected chi connectivity index (χ0v) is 14.5. The van der Waals surface area contributed by atoms with Gasteiger partial charge < -0.3 is 9.79 Å². The summed E-state index contributed by atoms with van der Waals surface area (Å²) in [7, 11) is -4.46. The Hall–Kier alpha value is -2.19. The van der Waals surface area contributed by atoms with Gasteiger partial charge in [-0.25, -0.2) is 0 Å². The molecule has 4 heteroatoms. The van der Waals surface area contributed by atoms with E-state index in [0.717, 1.165) is 22.3 Å². The van der Waals surface area contributed by atoms with Crippen molar-refractivity contribution in [2.24, 2.45) is 0 Å². The van der Waals surface area contributed by atoms with Crippen LogP contribution in [0.5, 0.6) is 0 Å². The molecule has 3 aromatic rings. The first-order chi connectivity index (χ1) is 11.4. The van der Waals surface area contributed by atoms with E-state index >= 15 is 0 Å². The average molecular weight is 338 g/mol. The highest BCUT2D eigenvalue weighted by molar-refractivity contribution is 7.61. The summed E-state index contributed by atoms with van der Waals surface area (Å²) in [6.07, 6.45) is 0. The lowest BCUT2D eigenvalue weighted by molar-refractivity contribution is 0.387. The van der Waals surface area contributed by atoms with Crippen molar-refractivity contribution in [2.75, 3.05) is 0 Å². The molecule has 3 rings (SSSR count). The molecule has 0 heterocycles. The van der Waals surface area contributed by atoms with Crippen LogP contribution in [0.3, 0.4) is 0 Å². The third-order valence-corrected chi connectivity index (χ3v) is 5.13. The van der Waals surface area contributed by atoms with Crippen LogP contribution in [0.15, 0.2) is 66.7 Å².